The van der Waals surface area contributed by atoms with E-state index in [1.165, 1.54) is 17.8 Å². The number of carbonyl (C=O) groups is 1. The Hall–Kier alpha value is -5.45. The van der Waals surface area contributed by atoms with Crippen molar-refractivity contribution < 1.29 is 28.5 Å². The van der Waals surface area contributed by atoms with Crippen molar-refractivity contribution in [3.8, 4) is 33.7 Å². The van der Waals surface area contributed by atoms with Crippen molar-refractivity contribution >= 4 is 17.9 Å². The van der Waals surface area contributed by atoms with Crippen LogP contribution in [-0.4, -0.2) is 34.6 Å². The molecule has 4 atom stereocenters. The number of rotatable bonds is 13. The van der Waals surface area contributed by atoms with Gasteiger partial charge < -0.3 is 29.1 Å². The van der Waals surface area contributed by atoms with E-state index in [1.807, 2.05) is 121 Å². The first-order valence-corrected chi connectivity index (χ1v) is 18.9. The lowest BCUT2D eigenvalue weighted by Gasteiger charge is -2.41. The van der Waals surface area contributed by atoms with Crippen molar-refractivity contribution in [3.63, 3.8) is 0 Å². The Labute approximate surface area is 319 Å². The number of nitrogens with zero attached hydrogens (tertiary/aromatic N) is 1. The number of hydrogen-bond acceptors (Lipinski definition) is 8. The molecule has 0 spiro atoms. The quantitative estimate of drug-likeness (QED) is 0.0892. The summed E-state index contributed by atoms with van der Waals surface area (Å²) in [7, 11) is 0. The maximum absolute atomic E-state index is 11.9. The fraction of sp³-hybridized carbons (Fsp3) is 0.200. The topological polar surface area (TPSA) is 103 Å². The zero-order chi connectivity index (χ0) is 37.3. The number of aliphatic hydroxyl groups excluding tert-OH is 1. The van der Waals surface area contributed by atoms with E-state index in [1.54, 1.807) is 0 Å². The Bertz CT molecular complexity index is 2080. The van der Waals surface area contributed by atoms with E-state index < -0.39 is 12.4 Å². The Balaban J connectivity index is 1.11. The van der Waals surface area contributed by atoms with Gasteiger partial charge in [-0.1, -0.05) is 159 Å². The molecule has 6 aromatic rings. The molecule has 1 aliphatic rings. The minimum Gasteiger partial charge on any atom is -0.445 e. The number of aromatic nitrogens is 1. The monoisotopic (exact) mass is 738 g/mol. The molecule has 5 aromatic carbocycles. The zero-order valence-electron chi connectivity index (χ0n) is 30.0. The molecule has 1 saturated heterocycles. The molecular formula is C45H42N2O6S. The van der Waals surface area contributed by atoms with Crippen LogP contribution in [0.3, 0.4) is 0 Å². The summed E-state index contributed by atoms with van der Waals surface area (Å²) in [6, 6.07) is 44.3. The highest BCUT2D eigenvalue weighted by atomic mass is 32.2. The van der Waals surface area contributed by atoms with E-state index in [4.69, 9.17) is 23.6 Å². The molecule has 54 heavy (non-hydrogen) atoms. The minimum atomic E-state index is -0.621. The first kappa shape index (κ1) is 36.9. The van der Waals surface area contributed by atoms with Gasteiger partial charge in [-0.05, 0) is 33.9 Å². The van der Waals surface area contributed by atoms with Crippen LogP contribution in [0.15, 0.2) is 156 Å². The van der Waals surface area contributed by atoms with Gasteiger partial charge in [0.15, 0.2) is 12.1 Å². The summed E-state index contributed by atoms with van der Waals surface area (Å²) < 4.78 is 24.9. The predicted octanol–water partition coefficient (Wildman–Crippen LogP) is 10.2. The van der Waals surface area contributed by atoms with Gasteiger partial charge in [0, 0.05) is 34.9 Å². The molecule has 0 unspecified atom stereocenters. The van der Waals surface area contributed by atoms with Gasteiger partial charge in [-0.15, -0.1) is 0 Å². The first-order chi connectivity index (χ1) is 26.5. The van der Waals surface area contributed by atoms with Crippen LogP contribution < -0.4 is 5.32 Å². The van der Waals surface area contributed by atoms with E-state index in [0.29, 0.717) is 17.5 Å². The number of amides is 1. The van der Waals surface area contributed by atoms with Gasteiger partial charge in [0.2, 0.25) is 0 Å². The van der Waals surface area contributed by atoms with Crippen LogP contribution >= 0.6 is 11.8 Å². The zero-order valence-corrected chi connectivity index (χ0v) is 30.8. The molecule has 0 bridgehead atoms. The fourth-order valence-corrected chi connectivity index (χ4v) is 7.44. The molecule has 0 saturated carbocycles. The third kappa shape index (κ3) is 8.84. The molecule has 0 aliphatic carbocycles. The van der Waals surface area contributed by atoms with Crippen LogP contribution in [0.25, 0.3) is 33.7 Å². The van der Waals surface area contributed by atoms with Crippen LogP contribution in [-0.2, 0) is 27.4 Å². The summed E-state index contributed by atoms with van der Waals surface area (Å²) in [6.07, 6.45) is -0.0343. The van der Waals surface area contributed by atoms with Gasteiger partial charge >= 0.3 is 6.09 Å². The highest BCUT2D eigenvalue weighted by molar-refractivity contribution is 7.99. The highest BCUT2D eigenvalue weighted by Gasteiger charge is 2.38. The van der Waals surface area contributed by atoms with Gasteiger partial charge in [0.25, 0.3) is 5.22 Å². The summed E-state index contributed by atoms with van der Waals surface area (Å²) in [5.41, 5.74) is 8.52. The van der Waals surface area contributed by atoms with E-state index in [0.717, 1.165) is 56.0 Å². The molecule has 1 amide bonds. The lowest BCUT2D eigenvalue weighted by Crippen LogP contribution is -2.38. The summed E-state index contributed by atoms with van der Waals surface area (Å²) >= 11 is 1.54. The van der Waals surface area contributed by atoms with Crippen molar-refractivity contribution in [2.24, 2.45) is 5.92 Å². The number of alkyl carbamates (subject to hydrolysis) is 1. The average molecular weight is 739 g/mol. The van der Waals surface area contributed by atoms with Gasteiger partial charge in [0.05, 0.1) is 18.8 Å². The second-order valence-corrected chi connectivity index (χ2v) is 14.1. The maximum Gasteiger partial charge on any atom is 0.407 e. The molecule has 8 nitrogen and oxygen atoms in total. The first-order valence-electron chi connectivity index (χ1n) is 17.9. The number of benzene rings is 5. The summed E-state index contributed by atoms with van der Waals surface area (Å²) in [5.74, 6) is 1.32. The molecule has 7 rings (SSSR count). The van der Waals surface area contributed by atoms with Crippen LogP contribution in [0.1, 0.15) is 41.6 Å². The largest absolute Gasteiger partial charge is 0.445 e. The van der Waals surface area contributed by atoms with Gasteiger partial charge in [0.1, 0.15) is 12.3 Å². The number of ether oxygens (including phenoxy) is 3. The standard InChI is InChI=1S/C45H42N2O6S/c1-3-25-50-44(49)46-27-32-11-10-16-38(26-32)33-21-23-37(24-22-33)43-51-39(30(2)41(52-43)36-19-17-31(28-48)18-20-36)29-54-45-47-40(34-12-6-4-7-13-34)42(53-45)35-14-8-5-9-15-35/h3-24,26,30,39,41,43,48H,1,25,27-29H2,2H3,(H,46,49)/t30-,39+,41+,43+/m1/s1. The average Bonchev–Trinajstić information content (AvgIpc) is 3.67. The molecule has 0 radical (unpaired) electrons. The molecule has 1 aliphatic heterocycles. The number of oxazole rings is 1. The lowest BCUT2D eigenvalue weighted by atomic mass is 9.91. The number of aliphatic hydroxyl groups is 1. The van der Waals surface area contributed by atoms with Crippen molar-refractivity contribution in [1.82, 2.24) is 10.3 Å². The summed E-state index contributed by atoms with van der Waals surface area (Å²) in [4.78, 5) is 16.9. The molecule has 274 valence electrons. The second-order valence-electron chi connectivity index (χ2n) is 13.1. The van der Waals surface area contributed by atoms with Crippen LogP contribution in [0.2, 0.25) is 0 Å². The van der Waals surface area contributed by atoms with Crippen LogP contribution in [0.4, 0.5) is 4.79 Å². The maximum atomic E-state index is 11.9. The third-order valence-corrected chi connectivity index (χ3v) is 10.3. The molecule has 2 N–H and O–H groups in total. The van der Waals surface area contributed by atoms with E-state index in [2.05, 4.69) is 31.0 Å². The SMILES string of the molecule is C=CCOC(=O)NCc1cccc(-c2ccc([C@H]3O[C@@H](CSc4nc(-c5ccccc5)c(-c5ccccc5)o4)[C@@H](C)[C@@H](c4ccc(CO)cc4)O3)cc2)c1. The van der Waals surface area contributed by atoms with Crippen molar-refractivity contribution in [3.05, 3.63) is 168 Å². The van der Waals surface area contributed by atoms with Crippen LogP contribution in [0, 0.1) is 5.92 Å². The van der Waals surface area contributed by atoms with E-state index in [9.17, 15) is 9.90 Å². The summed E-state index contributed by atoms with van der Waals surface area (Å²) in [5, 5.41) is 13.0. The minimum absolute atomic E-state index is 0.00412. The number of nitrogens with one attached hydrogen (secondary N) is 1. The molecule has 1 aromatic heterocycles. The van der Waals surface area contributed by atoms with E-state index >= 15 is 0 Å². The number of hydrogen-bond donors (Lipinski definition) is 2. The summed E-state index contributed by atoms with van der Waals surface area (Å²) in [6.45, 7) is 6.20. The normalized spacial score (nSPS) is 18.2. The third-order valence-electron chi connectivity index (χ3n) is 9.40. The second kappa shape index (κ2) is 17.6. The molecule has 9 heteroatoms. The smallest absolute Gasteiger partial charge is 0.407 e. The number of thioether (sulfide) groups is 1. The van der Waals surface area contributed by atoms with Gasteiger partial charge in [-0.3, -0.25) is 0 Å². The Morgan fingerprint density at radius 3 is 2.20 bits per heavy atom. The Morgan fingerprint density at radius 2 is 1.50 bits per heavy atom. The Morgan fingerprint density at radius 1 is 0.815 bits per heavy atom. The Kier molecular flexibility index (Phi) is 12.0. The van der Waals surface area contributed by atoms with Crippen molar-refractivity contribution in [2.75, 3.05) is 12.4 Å². The van der Waals surface area contributed by atoms with Crippen LogP contribution in [0.5, 0.6) is 0 Å². The molecular weight excluding hydrogens is 697 g/mol. The predicted molar refractivity (Wildman–Crippen MR) is 211 cm³/mol. The van der Waals surface area contributed by atoms with Crippen molar-refractivity contribution in [2.45, 2.75) is 43.8 Å². The lowest BCUT2D eigenvalue weighted by molar-refractivity contribution is -0.268. The van der Waals surface area contributed by atoms with E-state index in [-0.39, 0.29) is 31.3 Å². The molecule has 2 heterocycles. The van der Waals surface area contributed by atoms with Crippen molar-refractivity contribution in [1.29, 1.82) is 0 Å². The molecule has 1 fully saturated rings. The fourth-order valence-electron chi connectivity index (χ4n) is 6.46. The van der Waals surface area contributed by atoms with Gasteiger partial charge in [-0.2, -0.15) is 0 Å². The highest BCUT2D eigenvalue weighted by Crippen LogP contribution is 2.44. The number of carbonyl (C=O) groups excluding carboxylic acids is 1. The van der Waals surface area contributed by atoms with Gasteiger partial charge in [-0.25, -0.2) is 9.78 Å².